The van der Waals surface area contributed by atoms with Crippen molar-refractivity contribution in [2.45, 2.75) is 6.42 Å². The normalized spacial score (nSPS) is 9.85. The summed E-state index contributed by atoms with van der Waals surface area (Å²) >= 11 is 9.11. The van der Waals surface area contributed by atoms with Gasteiger partial charge in [0.2, 0.25) is 5.91 Å². The number of nitrogens with one attached hydrogen (secondary N) is 1. The van der Waals surface area contributed by atoms with Crippen LogP contribution in [0.15, 0.2) is 46.9 Å². The third-order valence-corrected chi connectivity index (χ3v) is 3.40. The first-order valence-electron chi connectivity index (χ1n) is 5.82. The molecule has 100 valence electrons. The number of halogens is 2. The first kappa shape index (κ1) is 14.6. The maximum absolute atomic E-state index is 12.0. The maximum atomic E-state index is 12.0. The third kappa shape index (κ3) is 3.83. The van der Waals surface area contributed by atoms with Gasteiger partial charge >= 0.3 is 0 Å². The zero-order valence-electron chi connectivity index (χ0n) is 10.4. The van der Waals surface area contributed by atoms with Gasteiger partial charge in [-0.15, -0.1) is 0 Å². The third-order valence-electron chi connectivity index (χ3n) is 2.65. The number of rotatable bonds is 3. The Morgan fingerprint density at radius 2 is 1.95 bits per heavy atom. The molecule has 0 radical (unpaired) electrons. The Labute approximate surface area is 130 Å². The monoisotopic (exact) mass is 348 g/mol. The van der Waals surface area contributed by atoms with E-state index >= 15 is 0 Å². The van der Waals surface area contributed by atoms with E-state index in [-0.39, 0.29) is 12.3 Å². The van der Waals surface area contributed by atoms with Crippen LogP contribution < -0.4 is 5.32 Å². The molecule has 0 saturated heterocycles. The summed E-state index contributed by atoms with van der Waals surface area (Å²) in [6.07, 6.45) is 0.231. The van der Waals surface area contributed by atoms with Gasteiger partial charge in [0, 0.05) is 9.50 Å². The van der Waals surface area contributed by atoms with Gasteiger partial charge in [0.05, 0.1) is 17.7 Å². The quantitative estimate of drug-likeness (QED) is 0.905. The molecule has 0 aliphatic heterocycles. The van der Waals surface area contributed by atoms with Gasteiger partial charge < -0.3 is 5.32 Å². The molecular weight excluding hydrogens is 340 g/mol. The van der Waals surface area contributed by atoms with Crippen LogP contribution in [0.3, 0.4) is 0 Å². The van der Waals surface area contributed by atoms with Crippen molar-refractivity contribution in [2.24, 2.45) is 0 Å². The second-order valence-corrected chi connectivity index (χ2v) is 5.51. The smallest absolute Gasteiger partial charge is 0.228 e. The summed E-state index contributed by atoms with van der Waals surface area (Å²) in [4.78, 5) is 12.0. The van der Waals surface area contributed by atoms with Gasteiger partial charge in [-0.1, -0.05) is 39.7 Å². The zero-order valence-corrected chi connectivity index (χ0v) is 12.7. The number of carbonyl (C=O) groups is 1. The molecule has 5 heteroatoms. The van der Waals surface area contributed by atoms with Crippen LogP contribution in [-0.4, -0.2) is 5.91 Å². The fourth-order valence-electron chi connectivity index (χ4n) is 1.70. The molecule has 0 aliphatic carbocycles. The van der Waals surface area contributed by atoms with Gasteiger partial charge in [-0.05, 0) is 35.9 Å². The SMILES string of the molecule is N#Cc1ccc(Br)cc1NC(=O)Cc1ccc(Cl)cc1. The van der Waals surface area contributed by atoms with E-state index in [1.807, 2.05) is 6.07 Å². The molecule has 0 fully saturated rings. The average molecular weight is 350 g/mol. The summed E-state index contributed by atoms with van der Waals surface area (Å²) in [5.41, 5.74) is 1.79. The Balaban J connectivity index is 2.10. The van der Waals surface area contributed by atoms with Crippen molar-refractivity contribution >= 4 is 39.1 Å². The van der Waals surface area contributed by atoms with E-state index in [1.54, 1.807) is 42.5 Å². The number of benzene rings is 2. The van der Waals surface area contributed by atoms with Crippen LogP contribution in [0.5, 0.6) is 0 Å². The highest BCUT2D eigenvalue weighted by Gasteiger charge is 2.08. The standard InChI is InChI=1S/C15H10BrClN2O/c16-12-4-3-11(9-18)14(8-12)19-15(20)7-10-1-5-13(17)6-2-10/h1-6,8H,7H2,(H,19,20). The van der Waals surface area contributed by atoms with Crippen LogP contribution in [-0.2, 0) is 11.2 Å². The van der Waals surface area contributed by atoms with Crippen molar-refractivity contribution in [1.29, 1.82) is 5.26 Å². The maximum Gasteiger partial charge on any atom is 0.228 e. The largest absolute Gasteiger partial charge is 0.325 e. The molecule has 0 atom stereocenters. The molecule has 0 aliphatic rings. The van der Waals surface area contributed by atoms with Crippen molar-refractivity contribution in [1.82, 2.24) is 0 Å². The van der Waals surface area contributed by atoms with E-state index in [0.717, 1.165) is 10.0 Å². The Morgan fingerprint density at radius 3 is 2.60 bits per heavy atom. The molecule has 2 aromatic rings. The highest BCUT2D eigenvalue weighted by atomic mass is 79.9. The summed E-state index contributed by atoms with van der Waals surface area (Å²) in [7, 11) is 0. The first-order valence-corrected chi connectivity index (χ1v) is 6.99. The fraction of sp³-hybridized carbons (Fsp3) is 0.0667. The van der Waals surface area contributed by atoms with E-state index < -0.39 is 0 Å². The van der Waals surface area contributed by atoms with Crippen molar-refractivity contribution < 1.29 is 4.79 Å². The number of hydrogen-bond acceptors (Lipinski definition) is 2. The molecule has 20 heavy (non-hydrogen) atoms. The number of nitrogens with zero attached hydrogens (tertiary/aromatic N) is 1. The molecule has 3 nitrogen and oxygen atoms in total. The van der Waals surface area contributed by atoms with E-state index in [1.165, 1.54) is 0 Å². The molecule has 0 aromatic heterocycles. The van der Waals surface area contributed by atoms with Crippen molar-refractivity contribution in [3.8, 4) is 6.07 Å². The molecular formula is C15H10BrClN2O. The summed E-state index contributed by atoms with van der Waals surface area (Å²) < 4.78 is 0.804. The average Bonchev–Trinajstić information content (AvgIpc) is 2.41. The molecule has 2 aromatic carbocycles. The first-order chi connectivity index (χ1) is 9.58. The Hall–Kier alpha value is -1.83. The van der Waals surface area contributed by atoms with Crippen LogP contribution >= 0.6 is 27.5 Å². The van der Waals surface area contributed by atoms with Crippen LogP contribution in [0.4, 0.5) is 5.69 Å². The van der Waals surface area contributed by atoms with Crippen LogP contribution in [0.25, 0.3) is 0 Å². The molecule has 0 bridgehead atoms. The molecule has 1 amide bonds. The zero-order chi connectivity index (χ0) is 14.5. The number of anilines is 1. The highest BCUT2D eigenvalue weighted by molar-refractivity contribution is 9.10. The van der Waals surface area contributed by atoms with Gasteiger partial charge in [0.25, 0.3) is 0 Å². The predicted molar refractivity (Wildman–Crippen MR) is 82.6 cm³/mol. The fourth-order valence-corrected chi connectivity index (χ4v) is 2.19. The van der Waals surface area contributed by atoms with E-state index in [9.17, 15) is 4.79 Å². The summed E-state index contributed by atoms with van der Waals surface area (Å²) in [5, 5.41) is 12.4. The highest BCUT2D eigenvalue weighted by Crippen LogP contribution is 2.21. The van der Waals surface area contributed by atoms with E-state index in [4.69, 9.17) is 16.9 Å². The number of carbonyl (C=O) groups excluding carboxylic acids is 1. The summed E-state index contributed by atoms with van der Waals surface area (Å²) in [6, 6.07) is 14.2. The summed E-state index contributed by atoms with van der Waals surface area (Å²) in [6.45, 7) is 0. The molecule has 0 heterocycles. The second kappa shape index (κ2) is 6.56. The second-order valence-electron chi connectivity index (χ2n) is 4.15. The molecule has 0 saturated carbocycles. The lowest BCUT2D eigenvalue weighted by molar-refractivity contribution is -0.115. The lowest BCUT2D eigenvalue weighted by atomic mass is 10.1. The minimum Gasteiger partial charge on any atom is -0.325 e. The van der Waals surface area contributed by atoms with Crippen molar-refractivity contribution in [3.05, 3.63) is 63.1 Å². The summed E-state index contributed by atoms with van der Waals surface area (Å²) in [5.74, 6) is -0.179. The van der Waals surface area contributed by atoms with E-state index in [0.29, 0.717) is 16.3 Å². The lowest BCUT2D eigenvalue weighted by Crippen LogP contribution is -2.15. The van der Waals surface area contributed by atoms with Crippen molar-refractivity contribution in [3.63, 3.8) is 0 Å². The van der Waals surface area contributed by atoms with Crippen LogP contribution in [0, 0.1) is 11.3 Å². The van der Waals surface area contributed by atoms with Gasteiger partial charge in [-0.3, -0.25) is 4.79 Å². The Bertz CT molecular complexity index is 677. The minimum atomic E-state index is -0.179. The minimum absolute atomic E-state index is 0.179. The number of amides is 1. The van der Waals surface area contributed by atoms with Gasteiger partial charge in [-0.2, -0.15) is 5.26 Å². The van der Waals surface area contributed by atoms with Gasteiger partial charge in [-0.25, -0.2) is 0 Å². The van der Waals surface area contributed by atoms with Crippen LogP contribution in [0.1, 0.15) is 11.1 Å². The molecule has 0 spiro atoms. The number of hydrogen-bond donors (Lipinski definition) is 1. The predicted octanol–water partition coefficient (Wildman–Crippen LogP) is 4.16. The topological polar surface area (TPSA) is 52.9 Å². The van der Waals surface area contributed by atoms with E-state index in [2.05, 4.69) is 21.2 Å². The number of nitriles is 1. The van der Waals surface area contributed by atoms with Crippen LogP contribution in [0.2, 0.25) is 5.02 Å². The lowest BCUT2D eigenvalue weighted by Gasteiger charge is -2.07. The Kier molecular flexibility index (Phi) is 4.78. The molecule has 0 unspecified atom stereocenters. The molecule has 1 N–H and O–H groups in total. The van der Waals surface area contributed by atoms with Gasteiger partial charge in [0.1, 0.15) is 6.07 Å². The molecule has 2 rings (SSSR count). The Morgan fingerprint density at radius 1 is 1.25 bits per heavy atom. The van der Waals surface area contributed by atoms with Crippen molar-refractivity contribution in [2.75, 3.05) is 5.32 Å². The van der Waals surface area contributed by atoms with Gasteiger partial charge in [0.15, 0.2) is 0 Å².